The Labute approximate surface area is 258 Å². The Morgan fingerprint density at radius 3 is 2.17 bits per heavy atom. The van der Waals surface area contributed by atoms with Crippen molar-refractivity contribution in [2.75, 3.05) is 10.8 Å². The number of sulfonamides is 1. The van der Waals surface area contributed by atoms with Crippen molar-refractivity contribution in [1.29, 1.82) is 0 Å². The van der Waals surface area contributed by atoms with Crippen LogP contribution in [0.2, 0.25) is 10.0 Å². The highest BCUT2D eigenvalue weighted by molar-refractivity contribution is 7.92. The Balaban J connectivity index is 1.74. The molecule has 3 aromatic rings. The molecule has 0 aliphatic heterocycles. The maximum atomic E-state index is 14.2. The largest absolute Gasteiger partial charge is 0.352 e. The van der Waals surface area contributed by atoms with Gasteiger partial charge in [0.05, 0.1) is 10.6 Å². The van der Waals surface area contributed by atoms with E-state index in [0.717, 1.165) is 46.7 Å². The lowest BCUT2D eigenvalue weighted by Gasteiger charge is -2.34. The molecule has 1 atom stereocenters. The van der Waals surface area contributed by atoms with Crippen molar-refractivity contribution >= 4 is 50.7 Å². The van der Waals surface area contributed by atoms with Gasteiger partial charge in [-0.3, -0.25) is 13.9 Å². The van der Waals surface area contributed by atoms with Gasteiger partial charge in [0.2, 0.25) is 11.8 Å². The number of aryl methyl sites for hydroxylation is 2. The number of carbonyl (C=O) groups is 2. The minimum Gasteiger partial charge on any atom is -0.352 e. The van der Waals surface area contributed by atoms with E-state index in [1.807, 2.05) is 45.0 Å². The predicted octanol–water partition coefficient (Wildman–Crippen LogP) is 6.67. The van der Waals surface area contributed by atoms with E-state index >= 15 is 0 Å². The van der Waals surface area contributed by atoms with Gasteiger partial charge in [-0.1, -0.05) is 90.5 Å². The Kier molecular flexibility index (Phi) is 10.6. The maximum Gasteiger partial charge on any atom is 0.264 e. The standard InChI is InChI=1S/C32H37Cl2N3O4S/c1-4-30(32(39)35-27-10-5-6-11-27)36(20-24-9-7-8-23(3)16-24)31(38)21-37(28-18-25(33)17-26(34)19-28)42(40,41)29-14-12-22(2)13-15-29/h7-9,12-19,27,30H,4-6,10-11,20-21H2,1-3H3,(H,35,39)/t30-/m0/s1. The van der Waals surface area contributed by atoms with Crippen LogP contribution in [0.3, 0.4) is 0 Å². The molecule has 10 heteroatoms. The maximum absolute atomic E-state index is 14.2. The van der Waals surface area contributed by atoms with Crippen LogP contribution in [0.1, 0.15) is 55.7 Å². The molecule has 3 aromatic carbocycles. The summed E-state index contributed by atoms with van der Waals surface area (Å²) in [5.74, 6) is -0.749. The molecule has 1 fully saturated rings. The van der Waals surface area contributed by atoms with Gasteiger partial charge in [-0.25, -0.2) is 8.42 Å². The van der Waals surface area contributed by atoms with Gasteiger partial charge in [0.15, 0.2) is 0 Å². The summed E-state index contributed by atoms with van der Waals surface area (Å²) in [6.07, 6.45) is 4.30. The molecule has 2 amide bonds. The lowest BCUT2D eigenvalue weighted by molar-refractivity contribution is -0.140. The van der Waals surface area contributed by atoms with E-state index in [4.69, 9.17) is 23.2 Å². The molecule has 1 aliphatic carbocycles. The third-order valence-electron chi connectivity index (χ3n) is 7.55. The molecule has 0 saturated heterocycles. The highest BCUT2D eigenvalue weighted by Crippen LogP contribution is 2.30. The fourth-order valence-electron chi connectivity index (χ4n) is 5.34. The molecule has 0 heterocycles. The summed E-state index contributed by atoms with van der Waals surface area (Å²) in [7, 11) is -4.22. The molecule has 0 aromatic heterocycles. The molecule has 0 bridgehead atoms. The summed E-state index contributed by atoms with van der Waals surface area (Å²) in [6, 6.07) is 17.8. The lowest BCUT2D eigenvalue weighted by atomic mass is 10.1. The number of nitrogens with one attached hydrogen (secondary N) is 1. The number of hydrogen-bond acceptors (Lipinski definition) is 4. The Morgan fingerprint density at radius 1 is 0.929 bits per heavy atom. The first-order chi connectivity index (χ1) is 20.0. The van der Waals surface area contributed by atoms with Crippen molar-refractivity contribution in [2.24, 2.45) is 0 Å². The van der Waals surface area contributed by atoms with Gasteiger partial charge in [0, 0.05) is 22.6 Å². The number of rotatable bonds is 11. The summed E-state index contributed by atoms with van der Waals surface area (Å²) in [5.41, 5.74) is 2.90. The highest BCUT2D eigenvalue weighted by Gasteiger charge is 2.34. The zero-order valence-electron chi connectivity index (χ0n) is 24.1. The van der Waals surface area contributed by atoms with Crippen LogP contribution in [0, 0.1) is 13.8 Å². The summed E-state index contributed by atoms with van der Waals surface area (Å²) in [6.45, 7) is 5.27. The predicted molar refractivity (Wildman–Crippen MR) is 168 cm³/mol. The number of anilines is 1. The van der Waals surface area contributed by atoms with Gasteiger partial charge < -0.3 is 10.2 Å². The van der Waals surface area contributed by atoms with Crippen LogP contribution in [0.4, 0.5) is 5.69 Å². The van der Waals surface area contributed by atoms with E-state index in [1.54, 1.807) is 12.1 Å². The van der Waals surface area contributed by atoms with Gasteiger partial charge >= 0.3 is 0 Å². The summed E-state index contributed by atoms with van der Waals surface area (Å²) >= 11 is 12.5. The molecule has 0 spiro atoms. The number of carbonyl (C=O) groups excluding carboxylic acids is 2. The third kappa shape index (κ3) is 7.85. The summed E-state index contributed by atoms with van der Waals surface area (Å²) < 4.78 is 29.1. The molecule has 224 valence electrons. The quantitative estimate of drug-likeness (QED) is 0.256. The minimum absolute atomic E-state index is 0.0215. The molecule has 7 nitrogen and oxygen atoms in total. The van der Waals surface area contributed by atoms with Gasteiger partial charge in [0.25, 0.3) is 10.0 Å². The van der Waals surface area contributed by atoms with E-state index in [-0.39, 0.29) is 39.1 Å². The molecule has 0 radical (unpaired) electrons. The topological polar surface area (TPSA) is 86.8 Å². The van der Waals surface area contributed by atoms with Crippen molar-refractivity contribution in [3.8, 4) is 0 Å². The fraction of sp³-hybridized carbons (Fsp3) is 0.375. The van der Waals surface area contributed by atoms with E-state index in [0.29, 0.717) is 6.42 Å². The smallest absolute Gasteiger partial charge is 0.264 e. The van der Waals surface area contributed by atoms with Crippen LogP contribution < -0.4 is 9.62 Å². The Hall–Kier alpha value is -3.07. The summed E-state index contributed by atoms with van der Waals surface area (Å²) in [5, 5.41) is 3.58. The first-order valence-corrected chi connectivity index (χ1v) is 16.4. The molecule has 42 heavy (non-hydrogen) atoms. The van der Waals surface area contributed by atoms with Crippen LogP contribution in [-0.2, 0) is 26.2 Å². The Bertz CT molecular complexity index is 1500. The first-order valence-electron chi connectivity index (χ1n) is 14.2. The molecule has 1 aliphatic rings. The van der Waals surface area contributed by atoms with Crippen molar-refractivity contribution in [1.82, 2.24) is 10.2 Å². The fourth-order valence-corrected chi connectivity index (χ4v) is 7.26. The zero-order valence-corrected chi connectivity index (χ0v) is 26.5. The second-order valence-electron chi connectivity index (χ2n) is 10.9. The van der Waals surface area contributed by atoms with Crippen LogP contribution in [-0.4, -0.2) is 43.8 Å². The Morgan fingerprint density at radius 2 is 1.57 bits per heavy atom. The van der Waals surface area contributed by atoms with E-state index in [1.165, 1.54) is 35.2 Å². The lowest BCUT2D eigenvalue weighted by Crippen LogP contribution is -2.53. The van der Waals surface area contributed by atoms with Gasteiger partial charge in [0.1, 0.15) is 12.6 Å². The normalized spacial score (nSPS) is 14.4. The monoisotopic (exact) mass is 629 g/mol. The van der Waals surface area contributed by atoms with E-state index in [2.05, 4.69) is 5.32 Å². The van der Waals surface area contributed by atoms with Crippen LogP contribution in [0.5, 0.6) is 0 Å². The third-order valence-corrected chi connectivity index (χ3v) is 9.77. The van der Waals surface area contributed by atoms with Crippen molar-refractivity contribution in [2.45, 2.75) is 76.4 Å². The SMILES string of the molecule is CC[C@@H](C(=O)NC1CCCC1)N(Cc1cccc(C)c1)C(=O)CN(c1cc(Cl)cc(Cl)c1)S(=O)(=O)c1ccc(C)cc1. The van der Waals surface area contributed by atoms with Gasteiger partial charge in [-0.2, -0.15) is 0 Å². The summed E-state index contributed by atoms with van der Waals surface area (Å²) in [4.78, 5) is 29.3. The van der Waals surface area contributed by atoms with Crippen LogP contribution in [0.15, 0.2) is 71.6 Å². The average molecular weight is 631 g/mol. The van der Waals surface area contributed by atoms with E-state index in [9.17, 15) is 18.0 Å². The molecular formula is C32H37Cl2N3O4S. The molecule has 1 N–H and O–H groups in total. The van der Waals surface area contributed by atoms with Gasteiger partial charge in [-0.15, -0.1) is 0 Å². The number of amides is 2. The molecular weight excluding hydrogens is 593 g/mol. The van der Waals surface area contributed by atoms with Gasteiger partial charge in [-0.05, 0) is 69.0 Å². The second kappa shape index (κ2) is 13.9. The molecule has 1 saturated carbocycles. The van der Waals surface area contributed by atoms with Crippen LogP contribution in [0.25, 0.3) is 0 Å². The molecule has 4 rings (SSSR count). The number of halogens is 2. The highest BCUT2D eigenvalue weighted by atomic mass is 35.5. The van der Waals surface area contributed by atoms with Crippen molar-refractivity contribution < 1.29 is 18.0 Å². The average Bonchev–Trinajstić information content (AvgIpc) is 3.44. The number of hydrogen-bond donors (Lipinski definition) is 1. The zero-order chi connectivity index (χ0) is 30.4. The van der Waals surface area contributed by atoms with Crippen molar-refractivity contribution in [3.05, 3.63) is 93.5 Å². The molecule has 0 unspecified atom stereocenters. The van der Waals surface area contributed by atoms with E-state index < -0.39 is 28.5 Å². The number of nitrogens with zero attached hydrogens (tertiary/aromatic N) is 2. The van der Waals surface area contributed by atoms with Crippen LogP contribution >= 0.6 is 23.2 Å². The second-order valence-corrected chi connectivity index (χ2v) is 13.6. The first kappa shape index (κ1) is 31.9. The van der Waals surface area contributed by atoms with Crippen molar-refractivity contribution in [3.63, 3.8) is 0 Å². The number of benzene rings is 3. The minimum atomic E-state index is -4.22.